The zero-order valence-electron chi connectivity index (χ0n) is 16.1. The number of nitrogen functional groups attached to an aromatic ring is 1. The summed E-state index contributed by atoms with van der Waals surface area (Å²) in [5.41, 5.74) is 6.52. The van der Waals surface area contributed by atoms with Crippen molar-refractivity contribution in [3.05, 3.63) is 101 Å². The lowest BCUT2D eigenvalue weighted by Gasteiger charge is -2.10. The molecule has 5 nitrogen and oxygen atoms in total. The van der Waals surface area contributed by atoms with Crippen LogP contribution >= 0.6 is 11.3 Å². The van der Waals surface area contributed by atoms with Crippen molar-refractivity contribution in [1.29, 1.82) is 0 Å². The van der Waals surface area contributed by atoms with Gasteiger partial charge in [0.15, 0.2) is 0 Å². The number of benzene rings is 3. The standard InChI is InChI=1S/C23H17FN2O3S2/c24-17-13-7-8-14-18(17)26-23-22(31(28,29)16-11-5-2-6-12-16)19(25)21(30-23)20(27)15-9-3-1-4-10-15/h1-14,26H,25H2. The number of carbonyl (C=O) groups is 1. The first-order valence-electron chi connectivity index (χ1n) is 9.23. The monoisotopic (exact) mass is 452 g/mol. The SMILES string of the molecule is Nc1c(C(=O)c2ccccc2)sc(Nc2ccccc2F)c1S(=O)(=O)c1ccccc1. The van der Waals surface area contributed by atoms with Crippen molar-refractivity contribution in [3.8, 4) is 0 Å². The molecule has 3 N–H and O–H groups in total. The Hall–Kier alpha value is -3.49. The maximum absolute atomic E-state index is 14.3. The van der Waals surface area contributed by atoms with Gasteiger partial charge in [-0.1, -0.05) is 60.7 Å². The number of nitrogens with two attached hydrogens (primary N) is 1. The largest absolute Gasteiger partial charge is 0.396 e. The lowest BCUT2D eigenvalue weighted by molar-refractivity contribution is 0.104. The summed E-state index contributed by atoms with van der Waals surface area (Å²) < 4.78 is 41.1. The van der Waals surface area contributed by atoms with Gasteiger partial charge in [0.05, 0.1) is 16.3 Å². The highest BCUT2D eigenvalue weighted by atomic mass is 32.2. The van der Waals surface area contributed by atoms with Crippen LogP contribution in [0.15, 0.2) is 94.7 Å². The highest BCUT2D eigenvalue weighted by molar-refractivity contribution is 7.92. The van der Waals surface area contributed by atoms with E-state index in [4.69, 9.17) is 5.73 Å². The highest BCUT2D eigenvalue weighted by Gasteiger charge is 2.31. The molecule has 1 aromatic heterocycles. The molecule has 0 aliphatic rings. The van der Waals surface area contributed by atoms with Gasteiger partial charge >= 0.3 is 0 Å². The van der Waals surface area contributed by atoms with Crippen LogP contribution in [0.4, 0.5) is 20.8 Å². The summed E-state index contributed by atoms with van der Waals surface area (Å²) in [6, 6.07) is 22.1. The van der Waals surface area contributed by atoms with Gasteiger partial charge in [0.2, 0.25) is 15.6 Å². The zero-order valence-corrected chi connectivity index (χ0v) is 17.7. The number of nitrogens with one attached hydrogen (secondary N) is 1. The van der Waals surface area contributed by atoms with Gasteiger partial charge in [-0.3, -0.25) is 4.79 Å². The van der Waals surface area contributed by atoms with Crippen LogP contribution in [0.5, 0.6) is 0 Å². The Morgan fingerprint density at radius 3 is 2.10 bits per heavy atom. The Kier molecular flexibility index (Phi) is 5.58. The molecule has 0 saturated carbocycles. The van der Waals surface area contributed by atoms with Gasteiger partial charge in [-0.05, 0) is 24.3 Å². The van der Waals surface area contributed by atoms with E-state index >= 15 is 0 Å². The van der Waals surface area contributed by atoms with Crippen LogP contribution < -0.4 is 11.1 Å². The highest BCUT2D eigenvalue weighted by Crippen LogP contribution is 2.44. The Labute approximate surface area is 182 Å². The van der Waals surface area contributed by atoms with Crippen molar-refractivity contribution < 1.29 is 17.6 Å². The topological polar surface area (TPSA) is 89.3 Å². The van der Waals surface area contributed by atoms with Gasteiger partial charge < -0.3 is 11.1 Å². The summed E-state index contributed by atoms with van der Waals surface area (Å²) in [6.45, 7) is 0. The van der Waals surface area contributed by atoms with Crippen molar-refractivity contribution in [1.82, 2.24) is 0 Å². The van der Waals surface area contributed by atoms with Crippen molar-refractivity contribution in [2.24, 2.45) is 0 Å². The molecule has 0 spiro atoms. The Morgan fingerprint density at radius 2 is 1.45 bits per heavy atom. The third-order valence-electron chi connectivity index (χ3n) is 4.59. The smallest absolute Gasteiger partial charge is 0.211 e. The number of hydrogen-bond acceptors (Lipinski definition) is 6. The molecular formula is C23H17FN2O3S2. The molecule has 0 aliphatic carbocycles. The summed E-state index contributed by atoms with van der Waals surface area (Å²) in [5, 5.41) is 2.89. The molecule has 156 valence electrons. The van der Waals surface area contributed by atoms with Gasteiger partial charge in [-0.25, -0.2) is 12.8 Å². The van der Waals surface area contributed by atoms with E-state index in [1.807, 2.05) is 0 Å². The van der Waals surface area contributed by atoms with Crippen molar-refractivity contribution in [2.45, 2.75) is 9.79 Å². The minimum atomic E-state index is -4.08. The van der Waals surface area contributed by atoms with Crippen molar-refractivity contribution in [2.75, 3.05) is 11.1 Å². The lowest BCUT2D eigenvalue weighted by Crippen LogP contribution is -2.08. The van der Waals surface area contributed by atoms with Crippen molar-refractivity contribution in [3.63, 3.8) is 0 Å². The minimum absolute atomic E-state index is 0.0230. The molecule has 4 rings (SSSR count). The van der Waals surface area contributed by atoms with Gasteiger partial charge in [-0.15, -0.1) is 11.3 Å². The summed E-state index contributed by atoms with van der Waals surface area (Å²) in [7, 11) is -4.08. The van der Waals surface area contributed by atoms with E-state index in [-0.39, 0.29) is 31.0 Å². The summed E-state index contributed by atoms with van der Waals surface area (Å²) in [4.78, 5) is 12.9. The summed E-state index contributed by atoms with van der Waals surface area (Å²) in [6.07, 6.45) is 0. The van der Waals surface area contributed by atoms with Crippen LogP contribution in [0, 0.1) is 5.82 Å². The number of thiophene rings is 1. The van der Waals surface area contributed by atoms with Crippen LogP contribution in [0.2, 0.25) is 0 Å². The Morgan fingerprint density at radius 1 is 0.871 bits per heavy atom. The van der Waals surface area contributed by atoms with Crippen LogP contribution in [-0.2, 0) is 9.84 Å². The number of hydrogen-bond donors (Lipinski definition) is 2. The third kappa shape index (κ3) is 3.95. The normalized spacial score (nSPS) is 11.3. The maximum atomic E-state index is 14.3. The van der Waals surface area contributed by atoms with Gasteiger partial charge in [0, 0.05) is 5.56 Å². The third-order valence-corrected chi connectivity index (χ3v) is 7.69. The number of halogens is 1. The number of anilines is 3. The molecule has 0 bridgehead atoms. The van der Waals surface area contributed by atoms with Gasteiger partial charge in [0.1, 0.15) is 20.6 Å². The molecule has 8 heteroatoms. The van der Waals surface area contributed by atoms with E-state index in [1.54, 1.807) is 54.6 Å². The first kappa shape index (κ1) is 20.8. The first-order chi connectivity index (χ1) is 14.9. The molecule has 0 amide bonds. The quantitative estimate of drug-likeness (QED) is 0.389. The Bertz CT molecular complexity index is 1350. The number of rotatable bonds is 6. The molecule has 3 aromatic carbocycles. The maximum Gasteiger partial charge on any atom is 0.211 e. The Balaban J connectivity index is 1.91. The zero-order chi connectivity index (χ0) is 22.0. The van der Waals surface area contributed by atoms with Crippen LogP contribution in [0.1, 0.15) is 15.2 Å². The molecular weight excluding hydrogens is 435 g/mol. The minimum Gasteiger partial charge on any atom is -0.396 e. The molecule has 0 atom stereocenters. The van der Waals surface area contributed by atoms with E-state index in [9.17, 15) is 17.6 Å². The van der Waals surface area contributed by atoms with E-state index in [0.717, 1.165) is 11.3 Å². The summed E-state index contributed by atoms with van der Waals surface area (Å²) in [5.74, 6) is -0.970. The number of para-hydroxylation sites is 1. The molecule has 0 fully saturated rings. The summed E-state index contributed by atoms with van der Waals surface area (Å²) >= 11 is 0.883. The second-order valence-electron chi connectivity index (χ2n) is 6.62. The second kappa shape index (κ2) is 8.33. The van der Waals surface area contributed by atoms with E-state index < -0.39 is 21.4 Å². The van der Waals surface area contributed by atoms with E-state index in [1.165, 1.54) is 30.3 Å². The number of sulfone groups is 1. The molecule has 31 heavy (non-hydrogen) atoms. The molecule has 0 saturated heterocycles. The first-order valence-corrected chi connectivity index (χ1v) is 11.5. The second-order valence-corrected chi connectivity index (χ2v) is 9.53. The van der Waals surface area contributed by atoms with Gasteiger partial charge in [-0.2, -0.15) is 0 Å². The molecule has 4 aromatic rings. The average Bonchev–Trinajstić information content (AvgIpc) is 3.12. The van der Waals surface area contributed by atoms with Crippen LogP contribution in [0.3, 0.4) is 0 Å². The number of carbonyl (C=O) groups excluding carboxylic acids is 1. The van der Waals surface area contributed by atoms with Gasteiger partial charge in [0.25, 0.3) is 0 Å². The average molecular weight is 453 g/mol. The molecule has 0 radical (unpaired) electrons. The molecule has 1 heterocycles. The lowest BCUT2D eigenvalue weighted by atomic mass is 10.1. The fourth-order valence-corrected chi connectivity index (χ4v) is 6.02. The predicted octanol–water partition coefficient (Wildman–Crippen LogP) is 5.28. The molecule has 0 aliphatic heterocycles. The number of ketones is 1. The van der Waals surface area contributed by atoms with Crippen molar-refractivity contribution >= 4 is 43.3 Å². The predicted molar refractivity (Wildman–Crippen MR) is 120 cm³/mol. The molecule has 0 unspecified atom stereocenters. The van der Waals surface area contributed by atoms with Crippen LogP contribution in [-0.4, -0.2) is 14.2 Å². The van der Waals surface area contributed by atoms with E-state index in [0.29, 0.717) is 5.56 Å². The fourth-order valence-electron chi connectivity index (χ4n) is 3.07. The van der Waals surface area contributed by atoms with E-state index in [2.05, 4.69) is 5.32 Å². The van der Waals surface area contributed by atoms with Crippen LogP contribution in [0.25, 0.3) is 0 Å². The fraction of sp³-hybridized carbons (Fsp3) is 0.